The van der Waals surface area contributed by atoms with Crippen molar-refractivity contribution in [2.24, 2.45) is 0 Å². The van der Waals surface area contributed by atoms with Crippen LogP contribution in [0.1, 0.15) is 28.9 Å². The number of quaternary nitrogens is 1. The van der Waals surface area contributed by atoms with Crippen LogP contribution in [0.4, 0.5) is 5.69 Å². The predicted octanol–water partition coefficient (Wildman–Crippen LogP) is 5.43. The number of ether oxygens (including phenoxy) is 2. The highest BCUT2D eigenvalue weighted by Crippen LogP contribution is 2.46. The highest BCUT2D eigenvalue weighted by molar-refractivity contribution is 7.99. The van der Waals surface area contributed by atoms with Crippen LogP contribution in [0, 0.1) is 6.92 Å². The Bertz CT molecular complexity index is 1270. The normalized spacial score (nSPS) is 17.5. The second kappa shape index (κ2) is 12.0. The number of thioether (sulfide) groups is 1. The fourth-order valence-electron chi connectivity index (χ4n) is 4.72. The number of amides is 1. The number of para-hydroxylation sites is 1. The van der Waals surface area contributed by atoms with E-state index < -0.39 is 12.1 Å². The van der Waals surface area contributed by atoms with Crippen LogP contribution in [0.15, 0.2) is 77.7 Å². The van der Waals surface area contributed by atoms with Crippen LogP contribution in [0.2, 0.25) is 0 Å². The van der Waals surface area contributed by atoms with Gasteiger partial charge in [-0.15, -0.1) is 11.8 Å². The van der Waals surface area contributed by atoms with E-state index in [1.807, 2.05) is 53.4 Å². The van der Waals surface area contributed by atoms with Crippen molar-refractivity contribution in [2.45, 2.75) is 36.5 Å². The van der Waals surface area contributed by atoms with Crippen molar-refractivity contribution in [2.75, 3.05) is 45.7 Å². The largest absolute Gasteiger partial charge is 0.497 e. The first-order valence-electron chi connectivity index (χ1n) is 12.9. The molecule has 2 atom stereocenters. The molecule has 0 spiro atoms. The van der Waals surface area contributed by atoms with Crippen molar-refractivity contribution in [1.29, 1.82) is 0 Å². The van der Waals surface area contributed by atoms with E-state index in [2.05, 4.69) is 45.3 Å². The van der Waals surface area contributed by atoms with E-state index in [9.17, 15) is 9.59 Å². The summed E-state index contributed by atoms with van der Waals surface area (Å²) in [6.45, 7) is 5.70. The molecule has 0 bridgehead atoms. The summed E-state index contributed by atoms with van der Waals surface area (Å²) in [6.07, 6.45) is 0.0196. The molecule has 1 aliphatic rings. The quantitative estimate of drug-likeness (QED) is 0.271. The summed E-state index contributed by atoms with van der Waals surface area (Å²) < 4.78 is 11.8. The molecule has 4 rings (SSSR count). The van der Waals surface area contributed by atoms with Gasteiger partial charge in [-0.3, -0.25) is 9.59 Å². The van der Waals surface area contributed by atoms with Crippen LogP contribution in [0.25, 0.3) is 0 Å². The summed E-state index contributed by atoms with van der Waals surface area (Å²) >= 11 is 1.56. The average molecular weight is 534 g/mol. The minimum atomic E-state index is -0.943. The SMILES string of the molecule is COc1ccc([C@H]2Sc3ccccc3N(CC[N+](C)(C)CCc3cccc(C)c3)C(=O)[C@H]2OC(C)=O)cc1. The monoisotopic (exact) mass is 533 g/mol. The lowest BCUT2D eigenvalue weighted by atomic mass is 10.1. The number of anilines is 1. The summed E-state index contributed by atoms with van der Waals surface area (Å²) in [5, 5.41) is -0.382. The van der Waals surface area contributed by atoms with Crippen LogP contribution >= 0.6 is 11.8 Å². The molecule has 0 unspecified atom stereocenters. The second-order valence-electron chi connectivity index (χ2n) is 10.4. The zero-order valence-corrected chi connectivity index (χ0v) is 23.7. The maximum Gasteiger partial charge on any atom is 0.303 e. The molecule has 7 heteroatoms. The van der Waals surface area contributed by atoms with Gasteiger partial charge in [0.15, 0.2) is 6.10 Å². The van der Waals surface area contributed by atoms with E-state index in [-0.39, 0.29) is 11.2 Å². The lowest BCUT2D eigenvalue weighted by Gasteiger charge is -2.34. The number of esters is 1. The minimum Gasteiger partial charge on any atom is -0.497 e. The number of hydrogen-bond donors (Lipinski definition) is 0. The Kier molecular flexibility index (Phi) is 8.80. The zero-order valence-electron chi connectivity index (χ0n) is 22.8. The van der Waals surface area contributed by atoms with E-state index in [1.54, 1.807) is 18.9 Å². The van der Waals surface area contributed by atoms with Gasteiger partial charge < -0.3 is 18.9 Å². The number of fused-ring (bicyclic) bond motifs is 1. The van der Waals surface area contributed by atoms with Gasteiger partial charge in [-0.2, -0.15) is 0 Å². The van der Waals surface area contributed by atoms with Crippen LogP contribution in [-0.4, -0.2) is 63.3 Å². The first-order chi connectivity index (χ1) is 18.2. The number of rotatable bonds is 9. The highest BCUT2D eigenvalue weighted by atomic mass is 32.2. The molecular weight excluding hydrogens is 496 g/mol. The Morgan fingerprint density at radius 1 is 1.00 bits per heavy atom. The number of carbonyl (C=O) groups is 2. The molecule has 1 amide bonds. The summed E-state index contributed by atoms with van der Waals surface area (Å²) in [4.78, 5) is 29.0. The van der Waals surface area contributed by atoms with Crippen molar-refractivity contribution in [3.8, 4) is 5.75 Å². The molecule has 1 aliphatic heterocycles. The maximum absolute atomic E-state index is 14.1. The Labute approximate surface area is 230 Å². The van der Waals surface area contributed by atoms with Crippen LogP contribution in [-0.2, 0) is 20.7 Å². The third kappa shape index (κ3) is 6.77. The first-order valence-corrected chi connectivity index (χ1v) is 13.8. The third-order valence-corrected chi connectivity index (χ3v) is 8.32. The van der Waals surface area contributed by atoms with E-state index >= 15 is 0 Å². The molecule has 0 aliphatic carbocycles. The second-order valence-corrected chi connectivity index (χ2v) is 11.6. The molecule has 0 N–H and O–H groups in total. The molecule has 0 aromatic heterocycles. The molecule has 38 heavy (non-hydrogen) atoms. The average Bonchev–Trinajstić information content (AvgIpc) is 3.01. The van der Waals surface area contributed by atoms with Crippen molar-refractivity contribution >= 4 is 29.3 Å². The van der Waals surface area contributed by atoms with Crippen LogP contribution < -0.4 is 9.64 Å². The fraction of sp³-hybridized carbons (Fsp3) is 0.355. The lowest BCUT2D eigenvalue weighted by Crippen LogP contribution is -2.50. The number of methoxy groups -OCH3 is 1. The van der Waals surface area contributed by atoms with Gasteiger partial charge in [0.2, 0.25) is 0 Å². The summed E-state index contributed by atoms with van der Waals surface area (Å²) in [6, 6.07) is 24.2. The molecule has 0 saturated carbocycles. The molecule has 3 aromatic carbocycles. The van der Waals surface area contributed by atoms with Gasteiger partial charge in [0.25, 0.3) is 5.91 Å². The maximum atomic E-state index is 14.1. The number of likely N-dealkylation sites (N-methyl/N-ethyl adjacent to an activating group) is 1. The first kappa shape index (κ1) is 27.7. The Morgan fingerprint density at radius 3 is 2.42 bits per heavy atom. The van der Waals surface area contributed by atoms with E-state index in [4.69, 9.17) is 9.47 Å². The van der Waals surface area contributed by atoms with Gasteiger partial charge in [0, 0.05) is 18.2 Å². The smallest absolute Gasteiger partial charge is 0.303 e. The lowest BCUT2D eigenvalue weighted by molar-refractivity contribution is -0.888. The Hall–Kier alpha value is -3.29. The van der Waals surface area contributed by atoms with Crippen LogP contribution in [0.3, 0.4) is 0 Å². The Morgan fingerprint density at radius 2 is 1.74 bits per heavy atom. The van der Waals surface area contributed by atoms with Crippen LogP contribution in [0.5, 0.6) is 5.75 Å². The highest BCUT2D eigenvalue weighted by Gasteiger charge is 2.41. The summed E-state index contributed by atoms with van der Waals surface area (Å²) in [7, 11) is 6.01. The summed E-state index contributed by atoms with van der Waals surface area (Å²) in [5.41, 5.74) is 4.34. The minimum absolute atomic E-state index is 0.197. The topological polar surface area (TPSA) is 55.8 Å². The molecule has 6 nitrogen and oxygen atoms in total. The van der Waals surface area contributed by atoms with Gasteiger partial charge in [-0.05, 0) is 42.3 Å². The van der Waals surface area contributed by atoms with Gasteiger partial charge in [-0.25, -0.2) is 0 Å². The number of carbonyl (C=O) groups excluding carboxylic acids is 2. The molecule has 0 fully saturated rings. The fourth-order valence-corrected chi connectivity index (χ4v) is 6.04. The van der Waals surface area contributed by atoms with Gasteiger partial charge >= 0.3 is 5.97 Å². The number of nitrogens with zero attached hydrogens (tertiary/aromatic N) is 2. The molecule has 1 heterocycles. The number of hydrogen-bond acceptors (Lipinski definition) is 5. The third-order valence-electron chi connectivity index (χ3n) is 6.95. The van der Waals surface area contributed by atoms with Gasteiger partial charge in [0.05, 0.1) is 51.8 Å². The standard InChI is InChI=1S/C31H37N2O4S/c1-22-9-8-10-24(21-22)17-19-33(3,4)20-18-32-27-11-6-7-12-28(27)38-30(29(31(32)35)37-23(2)34)25-13-15-26(36-5)16-14-25/h6-16,21,29-30H,17-20H2,1-5H3/q+1/t29-,30+/m0/s1. The van der Waals surface area contributed by atoms with E-state index in [0.717, 1.165) is 45.9 Å². The van der Waals surface area contributed by atoms with Gasteiger partial charge in [-0.1, -0.05) is 54.1 Å². The van der Waals surface area contributed by atoms with E-state index in [1.165, 1.54) is 18.1 Å². The molecule has 3 aromatic rings. The van der Waals surface area contributed by atoms with E-state index in [0.29, 0.717) is 6.54 Å². The molecular formula is C31H37N2O4S+. The van der Waals surface area contributed by atoms with Crippen molar-refractivity contribution < 1.29 is 23.5 Å². The predicted molar refractivity (Wildman–Crippen MR) is 153 cm³/mol. The van der Waals surface area contributed by atoms with Crippen molar-refractivity contribution in [3.05, 3.63) is 89.5 Å². The molecule has 0 saturated heterocycles. The zero-order chi connectivity index (χ0) is 27.3. The number of benzene rings is 3. The Balaban J connectivity index is 1.59. The molecule has 200 valence electrons. The van der Waals surface area contributed by atoms with Gasteiger partial charge in [0.1, 0.15) is 5.75 Å². The molecule has 0 radical (unpaired) electrons. The van der Waals surface area contributed by atoms with Crippen molar-refractivity contribution in [3.63, 3.8) is 0 Å². The van der Waals surface area contributed by atoms with Crippen molar-refractivity contribution in [1.82, 2.24) is 0 Å². The number of aryl methyl sites for hydroxylation is 1. The summed E-state index contributed by atoms with van der Waals surface area (Å²) in [5.74, 6) is 0.0650.